The number of piperidine rings is 1. The molecule has 0 aliphatic carbocycles. The minimum atomic E-state index is -0.938. The highest BCUT2D eigenvalue weighted by molar-refractivity contribution is 5.90. The molecule has 0 aromatic heterocycles. The molecule has 1 N–H and O–H groups in total. The molecule has 1 atom stereocenters. The van der Waals surface area contributed by atoms with Gasteiger partial charge in [-0.2, -0.15) is 0 Å². The standard InChI is InChI=1S/C17H25NO3/c1-2-7-14-8-5-6-11-18(14)12-13-21-16-10-4-3-9-15(16)17(19)20/h3-4,9-10,14H,2,5-8,11-13H2,1H3,(H,19,20). The molecule has 0 saturated carbocycles. The van der Waals surface area contributed by atoms with Gasteiger partial charge in [-0.25, -0.2) is 4.79 Å². The van der Waals surface area contributed by atoms with Crippen LogP contribution in [0.5, 0.6) is 5.75 Å². The quantitative estimate of drug-likeness (QED) is 0.836. The molecule has 1 fully saturated rings. The van der Waals surface area contributed by atoms with E-state index in [1.807, 2.05) is 6.07 Å². The molecule has 4 nitrogen and oxygen atoms in total. The first-order valence-corrected chi connectivity index (χ1v) is 7.91. The molecule has 0 radical (unpaired) electrons. The third-order valence-corrected chi connectivity index (χ3v) is 4.12. The van der Waals surface area contributed by atoms with E-state index in [0.29, 0.717) is 18.4 Å². The van der Waals surface area contributed by atoms with Crippen molar-refractivity contribution in [3.05, 3.63) is 29.8 Å². The average Bonchev–Trinajstić information content (AvgIpc) is 2.49. The van der Waals surface area contributed by atoms with E-state index in [4.69, 9.17) is 9.84 Å². The van der Waals surface area contributed by atoms with Crippen molar-refractivity contribution in [2.75, 3.05) is 19.7 Å². The molecule has 1 heterocycles. The van der Waals surface area contributed by atoms with E-state index in [1.54, 1.807) is 18.2 Å². The Hall–Kier alpha value is -1.55. The van der Waals surface area contributed by atoms with Gasteiger partial charge in [-0.1, -0.05) is 31.9 Å². The van der Waals surface area contributed by atoms with Crippen molar-refractivity contribution in [1.29, 1.82) is 0 Å². The van der Waals surface area contributed by atoms with Gasteiger partial charge in [0.1, 0.15) is 17.9 Å². The van der Waals surface area contributed by atoms with Crippen LogP contribution in [0.2, 0.25) is 0 Å². The van der Waals surface area contributed by atoms with Crippen molar-refractivity contribution in [3.63, 3.8) is 0 Å². The molecule has 1 aliphatic heterocycles. The van der Waals surface area contributed by atoms with Crippen LogP contribution in [0.1, 0.15) is 49.4 Å². The number of carbonyl (C=O) groups is 1. The normalized spacial score (nSPS) is 19.4. The summed E-state index contributed by atoms with van der Waals surface area (Å²) in [5.41, 5.74) is 0.237. The number of hydrogen-bond donors (Lipinski definition) is 1. The third-order valence-electron chi connectivity index (χ3n) is 4.12. The van der Waals surface area contributed by atoms with Gasteiger partial charge in [-0.3, -0.25) is 4.90 Å². The van der Waals surface area contributed by atoms with Crippen LogP contribution in [0.4, 0.5) is 0 Å². The maximum Gasteiger partial charge on any atom is 0.339 e. The van der Waals surface area contributed by atoms with Gasteiger partial charge in [0.2, 0.25) is 0 Å². The molecule has 1 saturated heterocycles. The van der Waals surface area contributed by atoms with Crippen molar-refractivity contribution in [2.45, 2.75) is 45.1 Å². The SMILES string of the molecule is CCCC1CCCCN1CCOc1ccccc1C(=O)O. The molecule has 0 amide bonds. The Morgan fingerprint density at radius 2 is 2.19 bits per heavy atom. The van der Waals surface area contributed by atoms with Crippen molar-refractivity contribution in [1.82, 2.24) is 4.90 Å². The zero-order chi connectivity index (χ0) is 15.1. The van der Waals surface area contributed by atoms with E-state index in [1.165, 1.54) is 32.1 Å². The lowest BCUT2D eigenvalue weighted by molar-refractivity contribution is 0.0689. The molecule has 1 unspecified atom stereocenters. The summed E-state index contributed by atoms with van der Waals surface area (Å²) in [6, 6.07) is 7.50. The number of carboxylic acid groups (broad SMARTS) is 1. The van der Waals surface area contributed by atoms with Crippen LogP contribution >= 0.6 is 0 Å². The highest BCUT2D eigenvalue weighted by atomic mass is 16.5. The van der Waals surface area contributed by atoms with Crippen LogP contribution in [-0.4, -0.2) is 41.7 Å². The van der Waals surface area contributed by atoms with E-state index >= 15 is 0 Å². The molecule has 1 aliphatic rings. The number of benzene rings is 1. The number of aromatic carboxylic acids is 1. The van der Waals surface area contributed by atoms with Gasteiger partial charge < -0.3 is 9.84 Å². The number of carboxylic acids is 1. The summed E-state index contributed by atoms with van der Waals surface area (Å²) in [6.45, 7) is 4.78. The van der Waals surface area contributed by atoms with Gasteiger partial charge in [0.05, 0.1) is 0 Å². The summed E-state index contributed by atoms with van der Waals surface area (Å²) in [5, 5.41) is 9.14. The molecule has 0 spiro atoms. The average molecular weight is 291 g/mol. The first kappa shape index (κ1) is 15.8. The number of ether oxygens (including phenoxy) is 1. The van der Waals surface area contributed by atoms with Crippen molar-refractivity contribution in [2.24, 2.45) is 0 Å². The molecule has 4 heteroatoms. The lowest BCUT2D eigenvalue weighted by atomic mass is 9.98. The van der Waals surface area contributed by atoms with Crippen molar-refractivity contribution in [3.8, 4) is 5.75 Å². The number of nitrogens with zero attached hydrogens (tertiary/aromatic N) is 1. The maximum absolute atomic E-state index is 11.1. The first-order valence-electron chi connectivity index (χ1n) is 7.91. The van der Waals surface area contributed by atoms with Gasteiger partial charge in [0.15, 0.2) is 0 Å². The van der Waals surface area contributed by atoms with Crippen LogP contribution in [0, 0.1) is 0 Å². The fourth-order valence-electron chi connectivity index (χ4n) is 3.06. The summed E-state index contributed by atoms with van der Waals surface area (Å²) in [7, 11) is 0. The maximum atomic E-state index is 11.1. The Labute approximate surface area is 126 Å². The largest absolute Gasteiger partial charge is 0.491 e. The Morgan fingerprint density at radius 1 is 1.38 bits per heavy atom. The Morgan fingerprint density at radius 3 is 2.95 bits per heavy atom. The molecular formula is C17H25NO3. The van der Waals surface area contributed by atoms with Gasteiger partial charge in [-0.05, 0) is 37.9 Å². The van der Waals surface area contributed by atoms with E-state index < -0.39 is 5.97 Å². The van der Waals surface area contributed by atoms with Gasteiger partial charge in [0.25, 0.3) is 0 Å². The zero-order valence-corrected chi connectivity index (χ0v) is 12.8. The number of rotatable bonds is 7. The smallest absolute Gasteiger partial charge is 0.339 e. The zero-order valence-electron chi connectivity index (χ0n) is 12.8. The topological polar surface area (TPSA) is 49.8 Å². The number of likely N-dealkylation sites (tertiary alicyclic amines) is 1. The first-order chi connectivity index (χ1) is 10.2. The fourth-order valence-corrected chi connectivity index (χ4v) is 3.06. The Kier molecular flexibility index (Phi) is 6.05. The lowest BCUT2D eigenvalue weighted by Crippen LogP contribution is -2.41. The second-order valence-corrected chi connectivity index (χ2v) is 5.62. The number of para-hydroxylation sites is 1. The summed E-state index contributed by atoms with van der Waals surface area (Å²) in [5.74, 6) is -0.471. The number of hydrogen-bond acceptors (Lipinski definition) is 3. The highest BCUT2D eigenvalue weighted by Crippen LogP contribution is 2.21. The summed E-state index contributed by atoms with van der Waals surface area (Å²) < 4.78 is 5.71. The van der Waals surface area contributed by atoms with E-state index in [2.05, 4.69) is 11.8 Å². The van der Waals surface area contributed by atoms with Crippen LogP contribution in [0.15, 0.2) is 24.3 Å². The van der Waals surface area contributed by atoms with E-state index in [0.717, 1.165) is 13.1 Å². The molecule has 0 bridgehead atoms. The van der Waals surface area contributed by atoms with Gasteiger partial charge in [0, 0.05) is 12.6 Å². The van der Waals surface area contributed by atoms with Crippen LogP contribution in [0.3, 0.4) is 0 Å². The van der Waals surface area contributed by atoms with E-state index in [-0.39, 0.29) is 5.56 Å². The predicted molar refractivity (Wildman–Crippen MR) is 83.0 cm³/mol. The minimum Gasteiger partial charge on any atom is -0.491 e. The van der Waals surface area contributed by atoms with Gasteiger partial charge in [-0.15, -0.1) is 0 Å². The third kappa shape index (κ3) is 4.46. The van der Waals surface area contributed by atoms with Crippen molar-refractivity contribution < 1.29 is 14.6 Å². The fraction of sp³-hybridized carbons (Fsp3) is 0.588. The van der Waals surface area contributed by atoms with E-state index in [9.17, 15) is 4.79 Å². The second kappa shape index (κ2) is 8.03. The highest BCUT2D eigenvalue weighted by Gasteiger charge is 2.21. The summed E-state index contributed by atoms with van der Waals surface area (Å²) in [4.78, 5) is 13.6. The molecule has 116 valence electrons. The second-order valence-electron chi connectivity index (χ2n) is 5.62. The predicted octanol–water partition coefficient (Wildman–Crippen LogP) is 3.42. The van der Waals surface area contributed by atoms with Crippen LogP contribution in [-0.2, 0) is 0 Å². The molecule has 1 aromatic carbocycles. The Balaban J connectivity index is 1.87. The van der Waals surface area contributed by atoms with Crippen LogP contribution in [0.25, 0.3) is 0 Å². The molecular weight excluding hydrogens is 266 g/mol. The lowest BCUT2D eigenvalue weighted by Gasteiger charge is -2.35. The Bertz CT molecular complexity index is 459. The van der Waals surface area contributed by atoms with Gasteiger partial charge >= 0.3 is 5.97 Å². The molecule has 1 aromatic rings. The molecule has 21 heavy (non-hydrogen) atoms. The summed E-state index contributed by atoms with van der Waals surface area (Å²) >= 11 is 0. The van der Waals surface area contributed by atoms with Crippen molar-refractivity contribution >= 4 is 5.97 Å². The van der Waals surface area contributed by atoms with Crippen LogP contribution < -0.4 is 4.74 Å². The monoisotopic (exact) mass is 291 g/mol. The summed E-state index contributed by atoms with van der Waals surface area (Å²) in [6.07, 6.45) is 6.31. The minimum absolute atomic E-state index is 0.237. The molecule has 2 rings (SSSR count).